The molecule has 0 bridgehead atoms. The molecule has 1 rings (SSSR count). The number of rotatable bonds is 0. The average Bonchev–Trinajstić information content (AvgIpc) is 1.91. The van der Waals surface area contributed by atoms with Crippen LogP contribution < -0.4 is 0 Å². The van der Waals surface area contributed by atoms with Gasteiger partial charge >= 0.3 is 0 Å². The van der Waals surface area contributed by atoms with Crippen LogP contribution >= 0.6 is 0 Å². The van der Waals surface area contributed by atoms with E-state index in [0.717, 1.165) is 6.04 Å². The van der Waals surface area contributed by atoms with Gasteiger partial charge in [-0.15, -0.1) is 0 Å². The van der Waals surface area contributed by atoms with Crippen LogP contribution in [0.4, 0.5) is 4.70 Å². The van der Waals surface area contributed by atoms with Gasteiger partial charge in [0, 0.05) is 6.04 Å². The Morgan fingerprint density at radius 3 is 2.25 bits per heavy atom. The molecule has 0 saturated carbocycles. The third-order valence-corrected chi connectivity index (χ3v) is 1.89. The lowest BCUT2D eigenvalue weighted by atomic mass is 10.3. The monoisotopic (exact) mass is 119 g/mol. The fraction of sp³-hybridized carbons (Fsp3) is 1.00. The van der Waals surface area contributed by atoms with Crippen LogP contribution in [-0.4, -0.2) is 24.5 Å². The Morgan fingerprint density at radius 2 is 2.12 bits per heavy atom. The lowest BCUT2D eigenvalue weighted by molar-refractivity contribution is 0.331. The van der Waals surface area contributed by atoms with Gasteiger partial charge in [-0.25, -0.2) is 0 Å². The summed E-state index contributed by atoms with van der Waals surface area (Å²) in [5, 5.41) is 0. The molecule has 8 heavy (non-hydrogen) atoms. The van der Waals surface area contributed by atoms with Crippen LogP contribution in [0.25, 0.3) is 0 Å². The number of halogens is 1. The fourth-order valence-electron chi connectivity index (χ4n) is 1.08. The summed E-state index contributed by atoms with van der Waals surface area (Å²) in [5.41, 5.74) is 0. The Bertz CT molecular complexity index is 57.5. The van der Waals surface area contributed by atoms with E-state index in [1.165, 1.54) is 19.4 Å². The number of nitrogens with zero attached hydrogens (tertiary/aromatic N) is 1. The van der Waals surface area contributed by atoms with E-state index >= 15 is 0 Å². The Balaban J connectivity index is 0.000000490. The minimum Gasteiger partial charge on any atom is -0.304 e. The van der Waals surface area contributed by atoms with Crippen LogP contribution in [0.15, 0.2) is 0 Å². The zero-order chi connectivity index (χ0) is 5.28. The summed E-state index contributed by atoms with van der Waals surface area (Å²) < 4.78 is 0. The summed E-state index contributed by atoms with van der Waals surface area (Å²) >= 11 is 0. The molecule has 1 fully saturated rings. The molecular formula is C6H14FN. The maximum absolute atomic E-state index is 2.40. The highest BCUT2D eigenvalue weighted by atomic mass is 19.0. The molecule has 0 aromatic carbocycles. The summed E-state index contributed by atoms with van der Waals surface area (Å²) in [6.07, 6.45) is 2.80. The van der Waals surface area contributed by atoms with E-state index in [1.54, 1.807) is 0 Å². The normalized spacial score (nSPS) is 30.0. The van der Waals surface area contributed by atoms with Gasteiger partial charge < -0.3 is 4.90 Å². The minimum absolute atomic E-state index is 0. The van der Waals surface area contributed by atoms with Gasteiger partial charge in [0.2, 0.25) is 0 Å². The van der Waals surface area contributed by atoms with Crippen LogP contribution in [-0.2, 0) is 0 Å². The summed E-state index contributed by atoms with van der Waals surface area (Å²) in [5.74, 6) is 0. The second kappa shape index (κ2) is 3.02. The Labute approximate surface area is 50.0 Å². The van der Waals surface area contributed by atoms with E-state index in [0.29, 0.717) is 0 Å². The quantitative estimate of drug-likeness (QED) is 0.464. The molecule has 1 heterocycles. The van der Waals surface area contributed by atoms with Crippen molar-refractivity contribution < 1.29 is 4.70 Å². The lowest BCUT2D eigenvalue weighted by Crippen LogP contribution is -2.20. The summed E-state index contributed by atoms with van der Waals surface area (Å²) in [7, 11) is 2.19. The SMILES string of the molecule is C[C@@H]1CCCN1C.F. The molecular weight excluding hydrogens is 105 g/mol. The fourth-order valence-corrected chi connectivity index (χ4v) is 1.08. The third-order valence-electron chi connectivity index (χ3n) is 1.89. The van der Waals surface area contributed by atoms with Gasteiger partial charge in [-0.3, -0.25) is 4.70 Å². The van der Waals surface area contributed by atoms with Crippen LogP contribution in [0, 0.1) is 0 Å². The predicted octanol–water partition coefficient (Wildman–Crippen LogP) is 1.25. The maximum atomic E-state index is 2.40. The molecule has 50 valence electrons. The van der Waals surface area contributed by atoms with E-state index in [4.69, 9.17) is 0 Å². The second-order valence-electron chi connectivity index (χ2n) is 2.47. The van der Waals surface area contributed by atoms with Crippen molar-refractivity contribution in [1.29, 1.82) is 0 Å². The molecule has 0 amide bonds. The van der Waals surface area contributed by atoms with E-state index in [1.807, 2.05) is 0 Å². The molecule has 1 saturated heterocycles. The van der Waals surface area contributed by atoms with Crippen molar-refractivity contribution >= 4 is 0 Å². The molecule has 1 aliphatic heterocycles. The molecule has 0 aromatic rings. The lowest BCUT2D eigenvalue weighted by Gasteiger charge is -2.12. The van der Waals surface area contributed by atoms with Crippen molar-refractivity contribution in [3.8, 4) is 0 Å². The van der Waals surface area contributed by atoms with E-state index < -0.39 is 0 Å². The van der Waals surface area contributed by atoms with Crippen LogP contribution in [0.5, 0.6) is 0 Å². The smallest absolute Gasteiger partial charge is 0.00643 e. The minimum atomic E-state index is 0. The topological polar surface area (TPSA) is 3.24 Å². The van der Waals surface area contributed by atoms with Crippen LogP contribution in [0.3, 0.4) is 0 Å². The van der Waals surface area contributed by atoms with Crippen molar-refractivity contribution in [3.05, 3.63) is 0 Å². The molecule has 0 aliphatic carbocycles. The van der Waals surface area contributed by atoms with E-state index in [-0.39, 0.29) is 4.70 Å². The Kier molecular flexibility index (Phi) is 2.98. The van der Waals surface area contributed by atoms with Gasteiger partial charge in [0.1, 0.15) is 0 Å². The first-order chi connectivity index (χ1) is 3.30. The predicted molar refractivity (Wildman–Crippen MR) is 33.8 cm³/mol. The molecule has 1 aliphatic rings. The average molecular weight is 119 g/mol. The van der Waals surface area contributed by atoms with Crippen molar-refractivity contribution in [2.75, 3.05) is 13.6 Å². The first-order valence-corrected chi connectivity index (χ1v) is 3.01. The molecule has 0 aromatic heterocycles. The Hall–Kier alpha value is -0.110. The van der Waals surface area contributed by atoms with Crippen molar-refractivity contribution in [2.24, 2.45) is 0 Å². The summed E-state index contributed by atoms with van der Waals surface area (Å²) in [6.45, 7) is 3.59. The number of hydrogen-bond donors (Lipinski definition) is 0. The van der Waals surface area contributed by atoms with Crippen LogP contribution in [0.2, 0.25) is 0 Å². The first kappa shape index (κ1) is 7.89. The standard InChI is InChI=1S/C6H13N.FH/c1-6-4-3-5-7(6)2;/h6H,3-5H2,1-2H3;1H/t6-;/m1./s1. The molecule has 0 N–H and O–H groups in total. The zero-order valence-corrected chi connectivity index (χ0v) is 5.55. The first-order valence-electron chi connectivity index (χ1n) is 3.01. The second-order valence-corrected chi connectivity index (χ2v) is 2.47. The van der Waals surface area contributed by atoms with Gasteiger partial charge in [0.05, 0.1) is 0 Å². The number of likely N-dealkylation sites (tertiary alicyclic amines) is 1. The molecule has 0 radical (unpaired) electrons. The zero-order valence-electron chi connectivity index (χ0n) is 5.55. The van der Waals surface area contributed by atoms with Gasteiger partial charge in [0.15, 0.2) is 0 Å². The van der Waals surface area contributed by atoms with Crippen molar-refractivity contribution in [3.63, 3.8) is 0 Å². The highest BCUT2D eigenvalue weighted by Crippen LogP contribution is 2.12. The molecule has 2 heteroatoms. The molecule has 1 atom stereocenters. The molecule has 0 spiro atoms. The van der Waals surface area contributed by atoms with E-state index in [2.05, 4.69) is 18.9 Å². The largest absolute Gasteiger partial charge is 0.304 e. The van der Waals surface area contributed by atoms with Gasteiger partial charge in [0.25, 0.3) is 0 Å². The maximum Gasteiger partial charge on any atom is 0.00643 e. The van der Waals surface area contributed by atoms with Crippen LogP contribution in [0.1, 0.15) is 19.8 Å². The molecule has 1 nitrogen and oxygen atoms in total. The van der Waals surface area contributed by atoms with Crippen molar-refractivity contribution in [2.45, 2.75) is 25.8 Å². The van der Waals surface area contributed by atoms with Gasteiger partial charge in [-0.1, -0.05) is 0 Å². The summed E-state index contributed by atoms with van der Waals surface area (Å²) in [6, 6.07) is 0.847. The highest BCUT2D eigenvalue weighted by Gasteiger charge is 2.14. The van der Waals surface area contributed by atoms with Gasteiger partial charge in [-0.2, -0.15) is 0 Å². The highest BCUT2D eigenvalue weighted by molar-refractivity contribution is 4.70. The summed E-state index contributed by atoms with van der Waals surface area (Å²) in [4.78, 5) is 2.40. The Morgan fingerprint density at radius 1 is 1.50 bits per heavy atom. The van der Waals surface area contributed by atoms with E-state index in [9.17, 15) is 0 Å². The molecule has 0 unspecified atom stereocenters. The van der Waals surface area contributed by atoms with Gasteiger partial charge in [-0.05, 0) is 33.4 Å². The number of hydrogen-bond acceptors (Lipinski definition) is 1. The third kappa shape index (κ3) is 1.44. The van der Waals surface area contributed by atoms with Crippen molar-refractivity contribution in [1.82, 2.24) is 4.90 Å².